The molecule has 5 aromatic rings. The average molecular weight is 470 g/mol. The fraction of sp³-hybridized carbons (Fsp3) is 0.154. The van der Waals surface area contributed by atoms with Crippen molar-refractivity contribution >= 4 is 40.0 Å². The number of hydrogen-bond donors (Lipinski definition) is 1. The number of aromatic nitrogens is 4. The van der Waals surface area contributed by atoms with Crippen LogP contribution in [-0.4, -0.2) is 30.8 Å². The molecule has 1 amide bonds. The van der Waals surface area contributed by atoms with Crippen LogP contribution < -0.4 is 10.9 Å². The quantitative estimate of drug-likeness (QED) is 0.378. The summed E-state index contributed by atoms with van der Waals surface area (Å²) in [6, 6.07) is 21.0. The Morgan fingerprint density at radius 2 is 1.62 bits per heavy atom. The molecule has 8 heteroatoms. The summed E-state index contributed by atoms with van der Waals surface area (Å²) in [4.78, 5) is 26.1. The van der Waals surface area contributed by atoms with E-state index in [4.69, 9.17) is 0 Å². The van der Waals surface area contributed by atoms with Crippen LogP contribution in [0.5, 0.6) is 0 Å². The highest BCUT2D eigenvalue weighted by molar-refractivity contribution is 7.99. The van der Waals surface area contributed by atoms with Crippen LogP contribution in [0.1, 0.15) is 16.7 Å². The van der Waals surface area contributed by atoms with Crippen molar-refractivity contribution in [1.29, 1.82) is 0 Å². The summed E-state index contributed by atoms with van der Waals surface area (Å²) < 4.78 is 3.48. The van der Waals surface area contributed by atoms with Gasteiger partial charge in [0.1, 0.15) is 0 Å². The van der Waals surface area contributed by atoms with Crippen LogP contribution in [0.3, 0.4) is 0 Å². The standard InChI is InChI=1S/C26H23N5O2S/c1-16-11-13-19(14-12-16)27-22(32)15-34-26-29-28-25-30(26)21-10-5-4-9-20(21)24(33)31(25)23-17(2)7-6-8-18(23)3/h4-14H,15H2,1-3H3,(H,27,32). The second-order valence-corrected chi connectivity index (χ2v) is 9.16. The Labute approximate surface area is 200 Å². The number of thioether (sulfide) groups is 1. The van der Waals surface area contributed by atoms with E-state index in [2.05, 4.69) is 15.5 Å². The Kier molecular flexibility index (Phi) is 5.67. The highest BCUT2D eigenvalue weighted by atomic mass is 32.2. The van der Waals surface area contributed by atoms with Gasteiger partial charge in [-0.1, -0.05) is 59.8 Å². The molecule has 5 rings (SSSR count). The second-order valence-electron chi connectivity index (χ2n) is 8.22. The third-order valence-corrected chi connectivity index (χ3v) is 6.65. The van der Waals surface area contributed by atoms with Gasteiger partial charge in [0.15, 0.2) is 5.16 Å². The molecule has 0 aliphatic rings. The van der Waals surface area contributed by atoms with Gasteiger partial charge in [0.05, 0.1) is 22.3 Å². The monoisotopic (exact) mass is 469 g/mol. The van der Waals surface area contributed by atoms with E-state index in [0.717, 1.165) is 28.1 Å². The van der Waals surface area contributed by atoms with Gasteiger partial charge in [-0.05, 0) is 56.2 Å². The third kappa shape index (κ3) is 3.86. The number of aryl methyl sites for hydroxylation is 3. The van der Waals surface area contributed by atoms with Crippen LogP contribution in [-0.2, 0) is 4.79 Å². The summed E-state index contributed by atoms with van der Waals surface area (Å²) in [7, 11) is 0. The van der Waals surface area contributed by atoms with E-state index >= 15 is 0 Å². The molecule has 2 aromatic heterocycles. The van der Waals surface area contributed by atoms with Gasteiger partial charge >= 0.3 is 0 Å². The maximum Gasteiger partial charge on any atom is 0.267 e. The lowest BCUT2D eigenvalue weighted by Crippen LogP contribution is -2.23. The van der Waals surface area contributed by atoms with E-state index in [1.165, 1.54) is 11.8 Å². The van der Waals surface area contributed by atoms with E-state index in [9.17, 15) is 9.59 Å². The molecule has 0 bridgehead atoms. The molecule has 2 heterocycles. The van der Waals surface area contributed by atoms with Gasteiger partial charge < -0.3 is 5.32 Å². The first kappa shape index (κ1) is 21.9. The minimum atomic E-state index is -0.151. The molecular weight excluding hydrogens is 446 g/mol. The Morgan fingerprint density at radius 1 is 0.912 bits per heavy atom. The van der Waals surface area contributed by atoms with Gasteiger partial charge in [-0.25, -0.2) is 4.57 Å². The lowest BCUT2D eigenvalue weighted by Gasteiger charge is -2.15. The first-order valence-corrected chi connectivity index (χ1v) is 11.9. The van der Waals surface area contributed by atoms with Gasteiger partial charge in [0, 0.05) is 5.69 Å². The Bertz CT molecular complexity index is 1580. The van der Waals surface area contributed by atoms with Gasteiger partial charge in [-0.3, -0.25) is 14.0 Å². The molecule has 0 saturated heterocycles. The molecule has 34 heavy (non-hydrogen) atoms. The van der Waals surface area contributed by atoms with Crippen LogP contribution in [0.2, 0.25) is 0 Å². The minimum absolute atomic E-state index is 0.141. The molecule has 0 unspecified atom stereocenters. The van der Waals surface area contributed by atoms with Gasteiger partial charge in [-0.2, -0.15) is 0 Å². The molecule has 170 valence electrons. The number of anilines is 1. The van der Waals surface area contributed by atoms with Crippen LogP contribution in [0.4, 0.5) is 5.69 Å². The van der Waals surface area contributed by atoms with Gasteiger partial charge in [0.2, 0.25) is 11.7 Å². The number of nitrogens with one attached hydrogen (secondary N) is 1. The topological polar surface area (TPSA) is 81.3 Å². The lowest BCUT2D eigenvalue weighted by molar-refractivity contribution is -0.113. The van der Waals surface area contributed by atoms with Crippen LogP contribution >= 0.6 is 11.8 Å². The number of carbonyl (C=O) groups excluding carboxylic acids is 1. The predicted octanol–water partition coefficient (Wildman–Crippen LogP) is 4.69. The molecule has 7 nitrogen and oxygen atoms in total. The fourth-order valence-corrected chi connectivity index (χ4v) is 4.84. The van der Waals surface area contributed by atoms with Gasteiger partial charge in [-0.15, -0.1) is 10.2 Å². The molecule has 0 aliphatic carbocycles. The zero-order valence-corrected chi connectivity index (χ0v) is 19.9. The predicted molar refractivity (Wildman–Crippen MR) is 136 cm³/mol. The first-order chi connectivity index (χ1) is 16.4. The number of rotatable bonds is 5. The van der Waals surface area contributed by atoms with E-state index in [-0.39, 0.29) is 17.2 Å². The van der Waals surface area contributed by atoms with Crippen molar-refractivity contribution in [2.75, 3.05) is 11.1 Å². The third-order valence-electron chi connectivity index (χ3n) is 5.73. The number of para-hydroxylation sites is 2. The van der Waals surface area contributed by atoms with Crippen LogP contribution in [0, 0.1) is 20.8 Å². The Hall–Kier alpha value is -3.91. The average Bonchev–Trinajstić information content (AvgIpc) is 3.25. The van der Waals surface area contributed by atoms with E-state index < -0.39 is 0 Å². The summed E-state index contributed by atoms with van der Waals surface area (Å²) in [5.74, 6) is 0.437. The maximum atomic E-state index is 13.6. The maximum absolute atomic E-state index is 13.6. The minimum Gasteiger partial charge on any atom is -0.325 e. The van der Waals surface area contributed by atoms with E-state index in [1.54, 1.807) is 10.6 Å². The first-order valence-electron chi connectivity index (χ1n) is 10.9. The number of nitrogens with zero attached hydrogens (tertiary/aromatic N) is 4. The summed E-state index contributed by atoms with van der Waals surface area (Å²) in [5.41, 5.74) is 5.16. The number of carbonyl (C=O) groups is 1. The molecule has 0 atom stereocenters. The summed E-state index contributed by atoms with van der Waals surface area (Å²) in [6.07, 6.45) is 0. The fourth-order valence-electron chi connectivity index (χ4n) is 4.10. The number of hydrogen-bond acceptors (Lipinski definition) is 5. The Balaban J connectivity index is 1.58. The van der Waals surface area contributed by atoms with Gasteiger partial charge in [0.25, 0.3) is 5.56 Å². The molecule has 0 aliphatic heterocycles. The number of amides is 1. The second kappa shape index (κ2) is 8.79. The molecular formula is C26H23N5O2S. The zero-order chi connectivity index (χ0) is 23.8. The molecule has 0 spiro atoms. The molecule has 3 aromatic carbocycles. The van der Waals surface area contributed by atoms with Crippen molar-refractivity contribution < 1.29 is 4.79 Å². The van der Waals surface area contributed by atoms with E-state index in [1.807, 2.05) is 85.8 Å². The molecule has 1 N–H and O–H groups in total. The molecule has 0 radical (unpaired) electrons. The number of fused-ring (bicyclic) bond motifs is 3. The Morgan fingerprint density at radius 3 is 2.35 bits per heavy atom. The number of benzene rings is 3. The summed E-state index contributed by atoms with van der Waals surface area (Å²) in [6.45, 7) is 5.95. The summed E-state index contributed by atoms with van der Waals surface area (Å²) in [5, 5.41) is 12.8. The largest absolute Gasteiger partial charge is 0.325 e. The van der Waals surface area contributed by atoms with Crippen LogP contribution in [0.25, 0.3) is 22.4 Å². The normalized spacial score (nSPS) is 11.3. The lowest BCUT2D eigenvalue weighted by atomic mass is 10.1. The molecule has 0 fully saturated rings. The highest BCUT2D eigenvalue weighted by Gasteiger charge is 2.20. The van der Waals surface area contributed by atoms with Crippen molar-refractivity contribution in [2.45, 2.75) is 25.9 Å². The van der Waals surface area contributed by atoms with Crippen molar-refractivity contribution in [3.8, 4) is 5.69 Å². The smallest absolute Gasteiger partial charge is 0.267 e. The SMILES string of the molecule is Cc1ccc(NC(=O)CSc2nnc3n(-c4c(C)cccc4C)c(=O)c4ccccc4n23)cc1. The van der Waals surface area contributed by atoms with Crippen molar-refractivity contribution in [3.05, 3.63) is 93.8 Å². The zero-order valence-electron chi connectivity index (χ0n) is 19.1. The van der Waals surface area contributed by atoms with Crippen molar-refractivity contribution in [3.63, 3.8) is 0 Å². The molecule has 0 saturated carbocycles. The van der Waals surface area contributed by atoms with Crippen molar-refractivity contribution in [2.24, 2.45) is 0 Å². The van der Waals surface area contributed by atoms with E-state index in [0.29, 0.717) is 21.8 Å². The van der Waals surface area contributed by atoms with Crippen molar-refractivity contribution in [1.82, 2.24) is 19.2 Å². The summed E-state index contributed by atoms with van der Waals surface area (Å²) >= 11 is 1.28. The van der Waals surface area contributed by atoms with Crippen LogP contribution in [0.15, 0.2) is 76.7 Å². The highest BCUT2D eigenvalue weighted by Crippen LogP contribution is 2.25.